The number of hydrogen-bond acceptors (Lipinski definition) is 4. The van der Waals surface area contributed by atoms with Crippen molar-refractivity contribution in [2.24, 2.45) is 0 Å². The van der Waals surface area contributed by atoms with Crippen LogP contribution in [0.25, 0.3) is 5.82 Å². The monoisotopic (exact) mass is 208 g/mol. The van der Waals surface area contributed by atoms with Crippen LogP contribution >= 0.6 is 0 Å². The first-order valence-corrected chi connectivity index (χ1v) is 4.12. The van der Waals surface area contributed by atoms with Crippen LogP contribution in [0.2, 0.25) is 0 Å². The minimum atomic E-state index is -1.28. The number of nitrogens with one attached hydrogen (secondary N) is 1. The molecule has 0 aliphatic heterocycles. The second kappa shape index (κ2) is 3.12. The Kier molecular flexibility index (Phi) is 1.93. The highest BCUT2D eigenvalue weighted by Crippen LogP contribution is 2.17. The largest absolute Gasteiger partial charge is 0.504 e. The number of aromatic nitrogens is 4. The summed E-state index contributed by atoms with van der Waals surface area (Å²) in [6.07, 6.45) is 1.19. The molecule has 7 heteroatoms. The lowest BCUT2D eigenvalue weighted by Gasteiger charge is -1.91. The Balaban J connectivity index is 2.46. The number of rotatable bonds is 2. The first-order valence-electron chi connectivity index (χ1n) is 4.12. The molecule has 0 saturated heterocycles. The van der Waals surface area contributed by atoms with Crippen LogP contribution in [0.15, 0.2) is 12.3 Å². The molecule has 0 saturated carbocycles. The van der Waals surface area contributed by atoms with Gasteiger partial charge in [-0.2, -0.15) is 10.2 Å². The van der Waals surface area contributed by atoms with Gasteiger partial charge in [0.2, 0.25) is 5.69 Å². The van der Waals surface area contributed by atoms with Gasteiger partial charge in [0.25, 0.3) is 0 Å². The summed E-state index contributed by atoms with van der Waals surface area (Å²) in [6, 6.07) is 1.68. The second-order valence-electron chi connectivity index (χ2n) is 3.02. The quantitative estimate of drug-likeness (QED) is 0.658. The van der Waals surface area contributed by atoms with Crippen LogP contribution in [0.1, 0.15) is 16.2 Å². The molecule has 0 aromatic carbocycles. The van der Waals surface area contributed by atoms with Crippen molar-refractivity contribution in [2.45, 2.75) is 6.92 Å². The van der Waals surface area contributed by atoms with Gasteiger partial charge in [0.05, 0.1) is 6.20 Å². The standard InChI is InChI=1S/C8H8N4O3/c1-4-2-6(10-9-4)12-3-5(13)7(11-12)8(14)15/h2-3,13H,1H3,(H,9,10)(H,14,15). The van der Waals surface area contributed by atoms with E-state index in [4.69, 9.17) is 5.11 Å². The van der Waals surface area contributed by atoms with Gasteiger partial charge in [0.15, 0.2) is 11.6 Å². The van der Waals surface area contributed by atoms with Crippen LogP contribution in [-0.4, -0.2) is 36.2 Å². The van der Waals surface area contributed by atoms with E-state index < -0.39 is 11.7 Å². The van der Waals surface area contributed by atoms with Crippen molar-refractivity contribution in [3.63, 3.8) is 0 Å². The lowest BCUT2D eigenvalue weighted by molar-refractivity contribution is 0.0687. The molecule has 2 rings (SSSR count). The van der Waals surface area contributed by atoms with E-state index in [1.54, 1.807) is 13.0 Å². The number of carboxylic acids is 1. The number of nitrogens with zero attached hydrogens (tertiary/aromatic N) is 3. The molecule has 78 valence electrons. The van der Waals surface area contributed by atoms with Gasteiger partial charge in [-0.25, -0.2) is 9.48 Å². The Morgan fingerprint density at radius 2 is 2.33 bits per heavy atom. The molecule has 2 heterocycles. The van der Waals surface area contributed by atoms with E-state index in [0.29, 0.717) is 5.82 Å². The van der Waals surface area contributed by atoms with Crippen molar-refractivity contribution in [1.82, 2.24) is 20.0 Å². The van der Waals surface area contributed by atoms with E-state index in [1.807, 2.05) is 0 Å². The van der Waals surface area contributed by atoms with Gasteiger partial charge >= 0.3 is 5.97 Å². The fourth-order valence-corrected chi connectivity index (χ4v) is 1.16. The van der Waals surface area contributed by atoms with Crippen molar-refractivity contribution in [3.8, 4) is 11.6 Å². The second-order valence-corrected chi connectivity index (χ2v) is 3.02. The van der Waals surface area contributed by atoms with Crippen LogP contribution in [0.4, 0.5) is 0 Å². The molecule has 0 radical (unpaired) electrons. The molecule has 2 aromatic rings. The smallest absolute Gasteiger partial charge is 0.360 e. The van der Waals surface area contributed by atoms with Gasteiger partial charge in [0.1, 0.15) is 0 Å². The maximum absolute atomic E-state index is 10.6. The number of aromatic amines is 1. The van der Waals surface area contributed by atoms with Gasteiger partial charge in [-0.05, 0) is 6.92 Å². The van der Waals surface area contributed by atoms with Crippen molar-refractivity contribution in [2.75, 3.05) is 0 Å². The molecule has 0 aliphatic rings. The molecule has 2 aromatic heterocycles. The SMILES string of the molecule is Cc1cc(-n2cc(O)c(C(=O)O)n2)n[nH]1. The van der Waals surface area contributed by atoms with Crippen LogP contribution in [0.5, 0.6) is 5.75 Å². The Labute approximate surface area is 84.0 Å². The van der Waals surface area contributed by atoms with E-state index in [2.05, 4.69) is 15.3 Å². The summed E-state index contributed by atoms with van der Waals surface area (Å²) in [5, 5.41) is 28.2. The average Bonchev–Trinajstić information content (AvgIpc) is 2.71. The molecule has 0 unspecified atom stereocenters. The highest BCUT2D eigenvalue weighted by atomic mass is 16.4. The van der Waals surface area contributed by atoms with Gasteiger partial charge in [-0.3, -0.25) is 5.10 Å². The van der Waals surface area contributed by atoms with Crippen LogP contribution in [0, 0.1) is 6.92 Å². The zero-order valence-electron chi connectivity index (χ0n) is 7.80. The summed E-state index contributed by atoms with van der Waals surface area (Å²) < 4.78 is 1.20. The summed E-state index contributed by atoms with van der Waals surface area (Å²) >= 11 is 0. The molecule has 0 bridgehead atoms. The third-order valence-corrected chi connectivity index (χ3v) is 1.82. The summed E-state index contributed by atoms with van der Waals surface area (Å²) in [5.74, 6) is -1.24. The van der Waals surface area contributed by atoms with Gasteiger partial charge < -0.3 is 10.2 Å². The van der Waals surface area contributed by atoms with E-state index in [9.17, 15) is 9.90 Å². The third kappa shape index (κ3) is 1.54. The predicted molar refractivity (Wildman–Crippen MR) is 49.1 cm³/mol. The summed E-state index contributed by atoms with van der Waals surface area (Å²) in [5.41, 5.74) is 0.424. The zero-order valence-corrected chi connectivity index (χ0v) is 7.80. The van der Waals surface area contributed by atoms with Crippen molar-refractivity contribution >= 4 is 5.97 Å². The minimum Gasteiger partial charge on any atom is -0.504 e. The molecule has 15 heavy (non-hydrogen) atoms. The number of carbonyl (C=O) groups is 1. The van der Waals surface area contributed by atoms with Crippen LogP contribution in [-0.2, 0) is 0 Å². The number of hydrogen-bond donors (Lipinski definition) is 3. The maximum atomic E-state index is 10.6. The molecule has 0 fully saturated rings. The summed E-state index contributed by atoms with van der Waals surface area (Å²) in [7, 11) is 0. The van der Waals surface area contributed by atoms with Crippen LogP contribution < -0.4 is 0 Å². The van der Waals surface area contributed by atoms with E-state index in [-0.39, 0.29) is 5.75 Å². The predicted octanol–water partition coefficient (Wildman–Crippen LogP) is 0.308. The average molecular weight is 208 g/mol. The van der Waals surface area contributed by atoms with Crippen molar-refractivity contribution < 1.29 is 15.0 Å². The number of aromatic carboxylic acids is 1. The molecule has 0 spiro atoms. The van der Waals surface area contributed by atoms with Gasteiger partial charge in [-0.15, -0.1) is 0 Å². The van der Waals surface area contributed by atoms with E-state index >= 15 is 0 Å². The Morgan fingerprint density at radius 3 is 2.80 bits per heavy atom. The lowest BCUT2D eigenvalue weighted by atomic mass is 10.4. The topological polar surface area (TPSA) is 104 Å². The molecular formula is C8H8N4O3. The highest BCUT2D eigenvalue weighted by molar-refractivity contribution is 5.88. The molecule has 0 amide bonds. The Bertz CT molecular complexity index is 514. The summed E-state index contributed by atoms with van der Waals surface area (Å²) in [6.45, 7) is 1.80. The van der Waals surface area contributed by atoms with E-state index in [0.717, 1.165) is 5.69 Å². The van der Waals surface area contributed by atoms with Gasteiger partial charge in [0, 0.05) is 11.8 Å². The highest BCUT2D eigenvalue weighted by Gasteiger charge is 2.16. The van der Waals surface area contributed by atoms with E-state index in [1.165, 1.54) is 10.9 Å². The lowest BCUT2D eigenvalue weighted by Crippen LogP contribution is -2.01. The van der Waals surface area contributed by atoms with Crippen molar-refractivity contribution in [1.29, 1.82) is 0 Å². The molecule has 0 aliphatic carbocycles. The number of aryl methyl sites for hydroxylation is 1. The third-order valence-electron chi connectivity index (χ3n) is 1.82. The minimum absolute atomic E-state index is 0.386. The number of H-pyrrole nitrogens is 1. The fourth-order valence-electron chi connectivity index (χ4n) is 1.16. The van der Waals surface area contributed by atoms with Crippen LogP contribution in [0.3, 0.4) is 0 Å². The fraction of sp³-hybridized carbons (Fsp3) is 0.125. The van der Waals surface area contributed by atoms with Crippen molar-refractivity contribution in [3.05, 3.63) is 23.7 Å². The maximum Gasteiger partial charge on any atom is 0.360 e. The number of aromatic hydroxyl groups is 1. The Hall–Kier alpha value is -2.31. The molecular weight excluding hydrogens is 200 g/mol. The molecule has 3 N–H and O–H groups in total. The Morgan fingerprint density at radius 1 is 1.60 bits per heavy atom. The summed E-state index contributed by atoms with van der Waals surface area (Å²) in [4.78, 5) is 10.6. The first-order chi connectivity index (χ1) is 7.08. The molecule has 0 atom stereocenters. The normalized spacial score (nSPS) is 10.5. The zero-order chi connectivity index (χ0) is 11.0. The molecule has 7 nitrogen and oxygen atoms in total. The van der Waals surface area contributed by atoms with Gasteiger partial charge in [-0.1, -0.05) is 0 Å². The first kappa shape index (κ1) is 9.25. The number of carboxylic acid groups (broad SMARTS) is 1.